The second-order valence-corrected chi connectivity index (χ2v) is 3.72. The minimum atomic E-state index is -0.447. The van der Waals surface area contributed by atoms with Gasteiger partial charge in [0.2, 0.25) is 0 Å². The molecule has 0 rings (SSSR count). The SMILES string of the molecule is CCCCC(N)C(=O)OCCN(C)C. The molecule has 0 heterocycles. The molecule has 1 unspecified atom stereocenters. The molecule has 0 spiro atoms. The van der Waals surface area contributed by atoms with Gasteiger partial charge in [-0.3, -0.25) is 4.79 Å². The number of ether oxygens (including phenoxy) is 1. The van der Waals surface area contributed by atoms with Crippen LogP contribution in [-0.2, 0) is 9.53 Å². The number of unbranched alkanes of at least 4 members (excludes halogenated alkanes) is 1. The van der Waals surface area contributed by atoms with E-state index in [0.29, 0.717) is 6.61 Å². The van der Waals surface area contributed by atoms with E-state index >= 15 is 0 Å². The molecule has 84 valence electrons. The minimum Gasteiger partial charge on any atom is -0.463 e. The average Bonchev–Trinajstić information content (AvgIpc) is 2.13. The normalized spacial score (nSPS) is 12.9. The van der Waals surface area contributed by atoms with Crippen LogP contribution in [-0.4, -0.2) is 44.2 Å². The maximum Gasteiger partial charge on any atom is 0.322 e. The number of hydrogen-bond acceptors (Lipinski definition) is 4. The van der Waals surface area contributed by atoms with Crippen LogP contribution in [0.15, 0.2) is 0 Å². The fourth-order valence-corrected chi connectivity index (χ4v) is 0.978. The van der Waals surface area contributed by atoms with E-state index in [2.05, 4.69) is 6.92 Å². The third-order valence-electron chi connectivity index (χ3n) is 1.95. The van der Waals surface area contributed by atoms with Gasteiger partial charge < -0.3 is 15.4 Å². The lowest BCUT2D eigenvalue weighted by Gasteiger charge is -2.13. The average molecular weight is 202 g/mol. The summed E-state index contributed by atoms with van der Waals surface area (Å²) in [6.45, 7) is 3.24. The first kappa shape index (κ1) is 13.4. The van der Waals surface area contributed by atoms with Gasteiger partial charge in [-0.05, 0) is 20.5 Å². The molecule has 0 aliphatic carbocycles. The van der Waals surface area contributed by atoms with Crippen molar-refractivity contribution in [3.05, 3.63) is 0 Å². The second kappa shape index (κ2) is 7.76. The van der Waals surface area contributed by atoms with Gasteiger partial charge in [-0.1, -0.05) is 19.8 Å². The highest BCUT2D eigenvalue weighted by Gasteiger charge is 2.13. The molecule has 0 amide bonds. The summed E-state index contributed by atoms with van der Waals surface area (Å²) in [5.74, 6) is -0.277. The first-order valence-corrected chi connectivity index (χ1v) is 5.14. The van der Waals surface area contributed by atoms with Gasteiger partial charge in [0, 0.05) is 6.54 Å². The van der Waals surface area contributed by atoms with Crippen LogP contribution >= 0.6 is 0 Å². The van der Waals surface area contributed by atoms with Crippen LogP contribution in [0.3, 0.4) is 0 Å². The summed E-state index contributed by atoms with van der Waals surface area (Å²) in [6, 6.07) is -0.447. The first-order valence-electron chi connectivity index (χ1n) is 5.14. The van der Waals surface area contributed by atoms with Crippen LogP contribution in [0.2, 0.25) is 0 Å². The quantitative estimate of drug-likeness (QED) is 0.614. The molecule has 0 fully saturated rings. The van der Waals surface area contributed by atoms with Crippen LogP contribution in [0, 0.1) is 0 Å². The number of rotatable bonds is 7. The maximum absolute atomic E-state index is 11.3. The number of likely N-dealkylation sites (N-methyl/N-ethyl adjacent to an activating group) is 1. The second-order valence-electron chi connectivity index (χ2n) is 3.72. The van der Waals surface area contributed by atoms with Gasteiger partial charge in [-0.2, -0.15) is 0 Å². The lowest BCUT2D eigenvalue weighted by molar-refractivity contribution is -0.145. The van der Waals surface area contributed by atoms with E-state index in [4.69, 9.17) is 10.5 Å². The van der Waals surface area contributed by atoms with E-state index in [9.17, 15) is 4.79 Å². The third kappa shape index (κ3) is 6.86. The van der Waals surface area contributed by atoms with Crippen molar-refractivity contribution in [3.8, 4) is 0 Å². The van der Waals surface area contributed by atoms with E-state index in [1.807, 2.05) is 19.0 Å². The Morgan fingerprint density at radius 2 is 2.14 bits per heavy atom. The maximum atomic E-state index is 11.3. The molecule has 0 aromatic heterocycles. The van der Waals surface area contributed by atoms with Crippen molar-refractivity contribution in [3.63, 3.8) is 0 Å². The van der Waals surface area contributed by atoms with Gasteiger partial charge in [0.25, 0.3) is 0 Å². The molecule has 0 saturated carbocycles. The summed E-state index contributed by atoms with van der Waals surface area (Å²) < 4.78 is 5.01. The molecule has 0 aromatic rings. The van der Waals surface area contributed by atoms with Crippen LogP contribution in [0.1, 0.15) is 26.2 Å². The monoisotopic (exact) mass is 202 g/mol. The summed E-state index contributed by atoms with van der Waals surface area (Å²) in [5, 5.41) is 0. The number of esters is 1. The zero-order valence-electron chi connectivity index (χ0n) is 9.45. The Balaban J connectivity index is 3.52. The Morgan fingerprint density at radius 3 is 2.64 bits per heavy atom. The molecule has 4 heteroatoms. The zero-order valence-corrected chi connectivity index (χ0v) is 9.45. The molecule has 14 heavy (non-hydrogen) atoms. The first-order chi connectivity index (χ1) is 6.57. The standard InChI is InChI=1S/C10H22N2O2/c1-4-5-6-9(11)10(13)14-8-7-12(2)3/h9H,4-8,11H2,1-3H3. The minimum absolute atomic E-state index is 0.277. The molecule has 0 saturated heterocycles. The summed E-state index contributed by atoms with van der Waals surface area (Å²) in [5.41, 5.74) is 5.63. The molecule has 2 N–H and O–H groups in total. The predicted octanol–water partition coefficient (Wildman–Crippen LogP) is 0.609. The van der Waals surface area contributed by atoms with Crippen molar-refractivity contribution in [1.29, 1.82) is 0 Å². The molecule has 0 radical (unpaired) electrons. The smallest absolute Gasteiger partial charge is 0.322 e. The Kier molecular flexibility index (Phi) is 7.42. The van der Waals surface area contributed by atoms with Gasteiger partial charge in [0.15, 0.2) is 0 Å². The molecule has 0 aliphatic heterocycles. The van der Waals surface area contributed by atoms with E-state index < -0.39 is 6.04 Å². The van der Waals surface area contributed by atoms with Gasteiger partial charge >= 0.3 is 5.97 Å². The van der Waals surface area contributed by atoms with Crippen LogP contribution in [0.25, 0.3) is 0 Å². The van der Waals surface area contributed by atoms with E-state index in [1.54, 1.807) is 0 Å². The molecule has 0 aromatic carbocycles. The molecular formula is C10H22N2O2. The van der Waals surface area contributed by atoms with Gasteiger partial charge in [0.1, 0.15) is 12.6 Å². The number of nitrogens with two attached hydrogens (primary N) is 1. The van der Waals surface area contributed by atoms with E-state index in [-0.39, 0.29) is 5.97 Å². The summed E-state index contributed by atoms with van der Waals surface area (Å²) in [4.78, 5) is 13.2. The van der Waals surface area contributed by atoms with Crippen molar-refractivity contribution in [1.82, 2.24) is 4.90 Å². The summed E-state index contributed by atoms with van der Waals surface area (Å²) in [6.07, 6.45) is 2.75. The Morgan fingerprint density at radius 1 is 1.50 bits per heavy atom. The lowest BCUT2D eigenvalue weighted by atomic mass is 10.1. The van der Waals surface area contributed by atoms with E-state index in [1.165, 1.54) is 0 Å². The largest absolute Gasteiger partial charge is 0.463 e. The Labute approximate surface area is 86.4 Å². The lowest BCUT2D eigenvalue weighted by Crippen LogP contribution is -2.33. The van der Waals surface area contributed by atoms with E-state index in [0.717, 1.165) is 25.8 Å². The Hall–Kier alpha value is -0.610. The number of nitrogens with zero attached hydrogens (tertiary/aromatic N) is 1. The van der Waals surface area contributed by atoms with Crippen molar-refractivity contribution < 1.29 is 9.53 Å². The molecule has 0 bridgehead atoms. The van der Waals surface area contributed by atoms with Crippen molar-refractivity contribution in [2.45, 2.75) is 32.2 Å². The zero-order chi connectivity index (χ0) is 11.0. The van der Waals surface area contributed by atoms with Crippen molar-refractivity contribution >= 4 is 5.97 Å². The Bertz CT molecular complexity index is 160. The highest BCUT2D eigenvalue weighted by Crippen LogP contribution is 1.99. The number of hydrogen-bond donors (Lipinski definition) is 1. The molecular weight excluding hydrogens is 180 g/mol. The molecule has 0 aliphatic rings. The number of carbonyl (C=O) groups is 1. The topological polar surface area (TPSA) is 55.6 Å². The predicted molar refractivity (Wildman–Crippen MR) is 57.0 cm³/mol. The van der Waals surface area contributed by atoms with Crippen LogP contribution in [0.4, 0.5) is 0 Å². The highest BCUT2D eigenvalue weighted by atomic mass is 16.5. The van der Waals surface area contributed by atoms with Crippen molar-refractivity contribution in [2.24, 2.45) is 5.73 Å². The van der Waals surface area contributed by atoms with Crippen molar-refractivity contribution in [2.75, 3.05) is 27.2 Å². The van der Waals surface area contributed by atoms with Gasteiger partial charge in [-0.25, -0.2) is 0 Å². The fourth-order valence-electron chi connectivity index (χ4n) is 0.978. The summed E-state index contributed by atoms with van der Waals surface area (Å²) >= 11 is 0. The molecule has 1 atom stereocenters. The van der Waals surface area contributed by atoms with Gasteiger partial charge in [0.05, 0.1) is 0 Å². The fraction of sp³-hybridized carbons (Fsp3) is 0.900. The highest BCUT2D eigenvalue weighted by molar-refractivity contribution is 5.75. The number of carbonyl (C=O) groups excluding carboxylic acids is 1. The molecule has 4 nitrogen and oxygen atoms in total. The van der Waals surface area contributed by atoms with Crippen LogP contribution in [0.5, 0.6) is 0 Å². The van der Waals surface area contributed by atoms with Gasteiger partial charge in [-0.15, -0.1) is 0 Å². The van der Waals surface area contributed by atoms with Crippen LogP contribution < -0.4 is 5.73 Å². The summed E-state index contributed by atoms with van der Waals surface area (Å²) in [7, 11) is 3.87. The third-order valence-corrected chi connectivity index (χ3v) is 1.95.